The molecule has 2 heterocycles. The van der Waals surface area contributed by atoms with E-state index >= 15 is 4.39 Å². The number of nitrogens with two attached hydrogens (primary N) is 1. The number of rotatable bonds is 6. The number of benzene rings is 2. The summed E-state index contributed by atoms with van der Waals surface area (Å²) < 4.78 is 17.4. The van der Waals surface area contributed by atoms with E-state index in [0.717, 1.165) is 30.3 Å². The van der Waals surface area contributed by atoms with Crippen LogP contribution in [0.15, 0.2) is 47.9 Å². The van der Waals surface area contributed by atoms with Crippen LogP contribution in [0.25, 0.3) is 16.5 Å². The smallest absolute Gasteiger partial charge is 0.199 e. The van der Waals surface area contributed by atoms with Crippen LogP contribution in [0.3, 0.4) is 0 Å². The molecular formula is C27H34FN3O. The standard InChI is InChI=1S/C25H28FN3O.C2H6/c1-15(2)19-14-29-16(3)11-12-18-23(21(26)22(27)20(24(18)29)25(19)30)28-13-7-10-17-8-5-4-6-9-17;1-2/h4-6,8-9,14,16,28H,1,7,10-13,27H2,2-3H3;1-2H3. The number of hydrogen-bond acceptors (Lipinski definition) is 3. The van der Waals surface area contributed by atoms with E-state index in [1.165, 1.54) is 5.56 Å². The highest BCUT2D eigenvalue weighted by atomic mass is 19.1. The van der Waals surface area contributed by atoms with E-state index in [1.807, 2.05) is 38.2 Å². The van der Waals surface area contributed by atoms with Crippen molar-refractivity contribution >= 4 is 27.9 Å². The van der Waals surface area contributed by atoms with Gasteiger partial charge in [0.25, 0.3) is 0 Å². The van der Waals surface area contributed by atoms with Gasteiger partial charge in [-0.15, -0.1) is 0 Å². The number of aromatic nitrogens is 1. The highest BCUT2D eigenvalue weighted by Gasteiger charge is 2.27. The van der Waals surface area contributed by atoms with Crippen molar-refractivity contribution < 1.29 is 4.39 Å². The molecule has 5 heteroatoms. The van der Waals surface area contributed by atoms with E-state index < -0.39 is 5.82 Å². The summed E-state index contributed by atoms with van der Waals surface area (Å²) in [5, 5.41) is 3.56. The number of aryl methyl sites for hydroxylation is 2. The van der Waals surface area contributed by atoms with Crippen molar-refractivity contribution in [3.63, 3.8) is 0 Å². The van der Waals surface area contributed by atoms with Crippen LogP contribution in [0.1, 0.15) is 63.3 Å². The number of nitrogens with one attached hydrogen (secondary N) is 1. The zero-order valence-electron chi connectivity index (χ0n) is 19.6. The molecule has 1 aliphatic rings. The van der Waals surface area contributed by atoms with Crippen LogP contribution in [0.4, 0.5) is 15.8 Å². The van der Waals surface area contributed by atoms with Gasteiger partial charge in [0, 0.05) is 29.9 Å². The molecule has 170 valence electrons. The molecule has 4 nitrogen and oxygen atoms in total. The van der Waals surface area contributed by atoms with Crippen LogP contribution in [-0.2, 0) is 12.8 Å². The third-order valence-electron chi connectivity index (χ3n) is 6.08. The third kappa shape index (κ3) is 4.29. The molecule has 0 saturated carbocycles. The van der Waals surface area contributed by atoms with Crippen molar-refractivity contribution in [3.05, 3.63) is 75.8 Å². The van der Waals surface area contributed by atoms with Crippen molar-refractivity contribution in [2.75, 3.05) is 17.6 Å². The Morgan fingerprint density at radius 1 is 1.28 bits per heavy atom. The maximum atomic E-state index is 15.3. The molecule has 0 fully saturated rings. The zero-order valence-corrected chi connectivity index (χ0v) is 19.6. The van der Waals surface area contributed by atoms with Gasteiger partial charge in [-0.2, -0.15) is 0 Å². The molecule has 0 aliphatic carbocycles. The molecule has 0 radical (unpaired) electrons. The fourth-order valence-corrected chi connectivity index (χ4v) is 4.41. The molecular weight excluding hydrogens is 401 g/mol. The van der Waals surface area contributed by atoms with Gasteiger partial charge in [0.15, 0.2) is 11.2 Å². The molecule has 1 unspecified atom stereocenters. The Balaban J connectivity index is 0.00000141. The molecule has 4 rings (SSSR count). The summed E-state index contributed by atoms with van der Waals surface area (Å²) in [6.45, 7) is 12.5. The zero-order chi connectivity index (χ0) is 23.4. The summed E-state index contributed by atoms with van der Waals surface area (Å²) in [4.78, 5) is 13.1. The molecule has 0 bridgehead atoms. The number of nitrogen functional groups attached to an aromatic ring is 1. The van der Waals surface area contributed by atoms with Gasteiger partial charge in [-0.1, -0.05) is 50.8 Å². The average Bonchev–Trinajstić information content (AvgIpc) is 2.80. The van der Waals surface area contributed by atoms with Crippen LogP contribution in [-0.4, -0.2) is 11.1 Å². The number of pyridine rings is 1. The minimum absolute atomic E-state index is 0.0738. The lowest BCUT2D eigenvalue weighted by atomic mass is 9.92. The lowest BCUT2D eigenvalue weighted by molar-refractivity contribution is 0.498. The fraction of sp³-hybridized carbons (Fsp3) is 0.370. The number of allylic oxidation sites excluding steroid dienone is 1. The molecule has 0 saturated heterocycles. The maximum Gasteiger partial charge on any atom is 0.199 e. The van der Waals surface area contributed by atoms with Gasteiger partial charge in [-0.3, -0.25) is 4.79 Å². The van der Waals surface area contributed by atoms with E-state index in [9.17, 15) is 4.79 Å². The van der Waals surface area contributed by atoms with Crippen molar-refractivity contribution in [2.24, 2.45) is 0 Å². The molecule has 2 aromatic carbocycles. The summed E-state index contributed by atoms with van der Waals surface area (Å²) in [5.74, 6) is -0.519. The number of halogens is 1. The monoisotopic (exact) mass is 435 g/mol. The molecule has 3 aromatic rings. The van der Waals surface area contributed by atoms with Crippen molar-refractivity contribution in [1.29, 1.82) is 0 Å². The minimum atomic E-state index is -0.519. The molecule has 32 heavy (non-hydrogen) atoms. The van der Waals surface area contributed by atoms with Crippen molar-refractivity contribution in [2.45, 2.75) is 59.4 Å². The van der Waals surface area contributed by atoms with Gasteiger partial charge < -0.3 is 15.6 Å². The van der Waals surface area contributed by atoms with Crippen LogP contribution >= 0.6 is 0 Å². The Morgan fingerprint density at radius 3 is 2.62 bits per heavy atom. The molecule has 1 atom stereocenters. The largest absolute Gasteiger partial charge is 0.396 e. The van der Waals surface area contributed by atoms with Gasteiger partial charge in [-0.05, 0) is 50.7 Å². The summed E-state index contributed by atoms with van der Waals surface area (Å²) in [7, 11) is 0. The molecule has 0 spiro atoms. The second-order valence-corrected chi connectivity index (χ2v) is 8.27. The molecule has 0 amide bonds. The molecule has 1 aliphatic heterocycles. The Morgan fingerprint density at radius 2 is 1.97 bits per heavy atom. The van der Waals surface area contributed by atoms with Gasteiger partial charge in [-0.25, -0.2) is 4.39 Å². The SMILES string of the molecule is C=C(C)c1cn2c3c(c(NCCCc4ccccc4)c(F)c(N)c3c1=O)CCC2C.CC. The first kappa shape index (κ1) is 23.6. The van der Waals surface area contributed by atoms with Crippen LogP contribution < -0.4 is 16.5 Å². The van der Waals surface area contributed by atoms with E-state index in [0.29, 0.717) is 29.8 Å². The van der Waals surface area contributed by atoms with E-state index in [1.54, 1.807) is 6.92 Å². The highest BCUT2D eigenvalue weighted by molar-refractivity contribution is 5.99. The normalized spacial score (nSPS) is 14.6. The first-order chi connectivity index (χ1) is 15.4. The molecule has 1 aromatic heterocycles. The van der Waals surface area contributed by atoms with Gasteiger partial charge in [0.05, 0.1) is 22.3 Å². The van der Waals surface area contributed by atoms with Crippen molar-refractivity contribution in [3.8, 4) is 0 Å². The molecule has 3 N–H and O–H groups in total. The van der Waals surface area contributed by atoms with E-state index in [-0.39, 0.29) is 22.5 Å². The number of hydrogen-bond donors (Lipinski definition) is 2. The Hall–Kier alpha value is -3.08. The average molecular weight is 436 g/mol. The number of anilines is 2. The topological polar surface area (TPSA) is 60.1 Å². The first-order valence-electron chi connectivity index (χ1n) is 11.5. The Kier molecular flexibility index (Phi) is 7.39. The predicted octanol–water partition coefficient (Wildman–Crippen LogP) is 6.33. The van der Waals surface area contributed by atoms with E-state index in [2.05, 4.69) is 35.5 Å². The van der Waals surface area contributed by atoms with Gasteiger partial charge in [0.1, 0.15) is 0 Å². The summed E-state index contributed by atoms with van der Waals surface area (Å²) in [6, 6.07) is 10.4. The summed E-state index contributed by atoms with van der Waals surface area (Å²) in [6.07, 6.45) is 5.23. The van der Waals surface area contributed by atoms with E-state index in [4.69, 9.17) is 5.73 Å². The maximum absolute atomic E-state index is 15.3. The fourth-order valence-electron chi connectivity index (χ4n) is 4.41. The van der Waals surface area contributed by atoms with Crippen molar-refractivity contribution in [1.82, 2.24) is 4.57 Å². The van der Waals surface area contributed by atoms with Crippen LogP contribution in [0.2, 0.25) is 0 Å². The first-order valence-corrected chi connectivity index (χ1v) is 11.5. The second kappa shape index (κ2) is 10.0. The predicted molar refractivity (Wildman–Crippen MR) is 135 cm³/mol. The Labute approximate surface area is 190 Å². The lowest BCUT2D eigenvalue weighted by Crippen LogP contribution is -2.24. The third-order valence-corrected chi connectivity index (χ3v) is 6.08. The van der Waals surface area contributed by atoms with Gasteiger partial charge >= 0.3 is 0 Å². The summed E-state index contributed by atoms with van der Waals surface area (Å²) >= 11 is 0. The van der Waals surface area contributed by atoms with Crippen LogP contribution in [0, 0.1) is 5.82 Å². The lowest BCUT2D eigenvalue weighted by Gasteiger charge is -2.29. The summed E-state index contributed by atoms with van der Waals surface area (Å²) in [5.41, 5.74) is 10.3. The van der Waals surface area contributed by atoms with Crippen LogP contribution in [0.5, 0.6) is 0 Å². The Bertz CT molecular complexity index is 1180. The second-order valence-electron chi connectivity index (χ2n) is 8.27. The van der Waals surface area contributed by atoms with Gasteiger partial charge in [0.2, 0.25) is 0 Å². The number of nitrogens with zero attached hydrogens (tertiary/aromatic N) is 1. The quantitative estimate of drug-likeness (QED) is 0.351. The highest BCUT2D eigenvalue weighted by Crippen LogP contribution is 2.40. The minimum Gasteiger partial charge on any atom is -0.396 e.